The molecule has 2 heterocycles. The van der Waals surface area contributed by atoms with Gasteiger partial charge in [-0.3, -0.25) is 4.79 Å². The van der Waals surface area contributed by atoms with Crippen LogP contribution in [0.15, 0.2) is 23.1 Å². The number of hydrogen-bond donors (Lipinski definition) is 1. The van der Waals surface area contributed by atoms with Crippen molar-refractivity contribution in [2.45, 2.75) is 50.8 Å². The van der Waals surface area contributed by atoms with Crippen molar-refractivity contribution < 1.29 is 22.7 Å². The SMILES string of the molecule is COC(=O)c1c(NC(=O)C2CCN(S(=O)(=O)c3ccc4c(c3)CCC4)CC2)sc(C)c1C. The summed E-state index contributed by atoms with van der Waals surface area (Å²) in [5.74, 6) is -0.974. The van der Waals surface area contributed by atoms with E-state index in [1.165, 1.54) is 28.3 Å². The van der Waals surface area contributed by atoms with E-state index in [1.807, 2.05) is 26.0 Å². The molecule has 0 atom stereocenters. The van der Waals surface area contributed by atoms with Crippen molar-refractivity contribution in [1.82, 2.24) is 4.31 Å². The van der Waals surface area contributed by atoms with Gasteiger partial charge in [-0.2, -0.15) is 4.31 Å². The molecular weight excluding hydrogens is 448 g/mol. The average molecular weight is 477 g/mol. The normalized spacial score (nSPS) is 17.2. The van der Waals surface area contributed by atoms with Gasteiger partial charge in [0.1, 0.15) is 5.00 Å². The zero-order valence-electron chi connectivity index (χ0n) is 18.6. The summed E-state index contributed by atoms with van der Waals surface area (Å²) < 4.78 is 32.6. The fraction of sp³-hybridized carbons (Fsp3) is 0.478. The van der Waals surface area contributed by atoms with Gasteiger partial charge in [-0.05, 0) is 74.8 Å². The standard InChI is InChI=1S/C23H28N2O5S2/c1-14-15(2)31-22(20(14)23(27)30-3)24-21(26)17-9-11-25(12-10-17)32(28,29)19-8-7-16-5-4-6-18(16)13-19/h7-8,13,17H,4-6,9-12H2,1-3H3,(H,24,26). The number of benzene rings is 1. The van der Waals surface area contributed by atoms with E-state index in [1.54, 1.807) is 6.07 Å². The number of fused-ring (bicyclic) bond motifs is 1. The Morgan fingerprint density at radius 1 is 1.12 bits per heavy atom. The highest BCUT2D eigenvalue weighted by molar-refractivity contribution is 7.89. The molecule has 2 aliphatic rings. The minimum absolute atomic E-state index is 0.189. The minimum atomic E-state index is -3.57. The van der Waals surface area contributed by atoms with Crippen LogP contribution in [-0.4, -0.2) is 44.8 Å². The lowest BCUT2D eigenvalue weighted by atomic mass is 9.97. The number of nitrogens with one attached hydrogen (secondary N) is 1. The summed E-state index contributed by atoms with van der Waals surface area (Å²) in [6.07, 6.45) is 3.88. The lowest BCUT2D eigenvalue weighted by Gasteiger charge is -2.30. The van der Waals surface area contributed by atoms with Crippen molar-refractivity contribution in [2.75, 3.05) is 25.5 Å². The Kier molecular flexibility index (Phi) is 6.42. The molecular formula is C23H28N2O5S2. The van der Waals surface area contributed by atoms with E-state index in [2.05, 4.69) is 5.32 Å². The maximum atomic E-state index is 13.1. The third-order valence-electron chi connectivity index (χ3n) is 6.54. The summed E-state index contributed by atoms with van der Waals surface area (Å²) in [6, 6.07) is 5.44. The van der Waals surface area contributed by atoms with E-state index in [0.29, 0.717) is 41.4 Å². The molecule has 1 aromatic heterocycles. The van der Waals surface area contributed by atoms with Crippen molar-refractivity contribution in [2.24, 2.45) is 5.92 Å². The molecule has 1 saturated heterocycles. The summed E-state index contributed by atoms with van der Waals surface area (Å²) in [6.45, 7) is 4.31. The predicted octanol–water partition coefficient (Wildman–Crippen LogP) is 3.68. The molecule has 0 spiro atoms. The first-order valence-corrected chi connectivity index (χ1v) is 13.1. The number of carbonyl (C=O) groups excluding carboxylic acids is 2. The molecule has 0 bridgehead atoms. The number of aryl methyl sites for hydroxylation is 3. The molecule has 1 aliphatic carbocycles. The number of amides is 1. The van der Waals surface area contributed by atoms with Crippen molar-refractivity contribution >= 4 is 38.2 Å². The number of piperidine rings is 1. The molecule has 0 radical (unpaired) electrons. The fourth-order valence-corrected chi connectivity index (χ4v) is 7.07. The van der Waals surface area contributed by atoms with E-state index in [0.717, 1.165) is 35.3 Å². The Labute approximate surface area is 192 Å². The summed E-state index contributed by atoms with van der Waals surface area (Å²) in [5.41, 5.74) is 3.56. The quantitative estimate of drug-likeness (QED) is 0.665. The summed E-state index contributed by atoms with van der Waals surface area (Å²) in [5, 5.41) is 3.37. The van der Waals surface area contributed by atoms with Gasteiger partial charge in [-0.15, -0.1) is 11.3 Å². The van der Waals surface area contributed by atoms with Gasteiger partial charge >= 0.3 is 5.97 Å². The molecule has 32 heavy (non-hydrogen) atoms. The molecule has 1 aliphatic heterocycles. The lowest BCUT2D eigenvalue weighted by Crippen LogP contribution is -2.41. The van der Waals surface area contributed by atoms with Gasteiger partial charge in [0.15, 0.2) is 0 Å². The van der Waals surface area contributed by atoms with Gasteiger partial charge in [0.2, 0.25) is 15.9 Å². The molecule has 4 rings (SSSR count). The number of esters is 1. The Morgan fingerprint density at radius 2 is 1.81 bits per heavy atom. The molecule has 1 aromatic carbocycles. The van der Waals surface area contributed by atoms with E-state index in [-0.39, 0.29) is 11.8 Å². The number of hydrogen-bond acceptors (Lipinski definition) is 6. The second kappa shape index (κ2) is 8.96. The first-order valence-electron chi connectivity index (χ1n) is 10.8. The molecule has 1 fully saturated rings. The van der Waals surface area contributed by atoms with Gasteiger partial charge in [0.05, 0.1) is 17.6 Å². The summed E-state index contributed by atoms with van der Waals surface area (Å²) >= 11 is 1.35. The molecule has 9 heteroatoms. The maximum Gasteiger partial charge on any atom is 0.341 e. The molecule has 0 saturated carbocycles. The third-order valence-corrected chi connectivity index (χ3v) is 9.56. The van der Waals surface area contributed by atoms with Gasteiger partial charge in [0.25, 0.3) is 0 Å². The van der Waals surface area contributed by atoms with E-state index in [9.17, 15) is 18.0 Å². The van der Waals surface area contributed by atoms with Crippen LogP contribution < -0.4 is 5.32 Å². The Morgan fingerprint density at radius 3 is 2.50 bits per heavy atom. The van der Waals surface area contributed by atoms with Gasteiger partial charge in [0, 0.05) is 23.9 Å². The number of ether oxygens (including phenoxy) is 1. The van der Waals surface area contributed by atoms with Crippen LogP contribution in [-0.2, 0) is 32.4 Å². The zero-order chi connectivity index (χ0) is 23.0. The van der Waals surface area contributed by atoms with Gasteiger partial charge in [-0.1, -0.05) is 6.07 Å². The fourth-order valence-electron chi connectivity index (χ4n) is 4.49. The molecule has 2 aromatic rings. The van der Waals surface area contributed by atoms with Crippen LogP contribution in [0.5, 0.6) is 0 Å². The number of methoxy groups -OCH3 is 1. The number of anilines is 1. The molecule has 1 amide bonds. The second-order valence-corrected chi connectivity index (χ2v) is 11.6. The van der Waals surface area contributed by atoms with E-state index >= 15 is 0 Å². The third kappa shape index (κ3) is 4.21. The molecule has 172 valence electrons. The smallest absolute Gasteiger partial charge is 0.341 e. The van der Waals surface area contributed by atoms with Crippen LogP contribution in [0.25, 0.3) is 0 Å². The Balaban J connectivity index is 1.42. The highest BCUT2D eigenvalue weighted by Crippen LogP contribution is 2.34. The van der Waals surface area contributed by atoms with Crippen LogP contribution in [0.4, 0.5) is 5.00 Å². The van der Waals surface area contributed by atoms with Crippen molar-refractivity contribution in [3.8, 4) is 0 Å². The first-order chi connectivity index (χ1) is 15.2. The van der Waals surface area contributed by atoms with Crippen LogP contribution in [0.3, 0.4) is 0 Å². The van der Waals surface area contributed by atoms with Crippen molar-refractivity contribution in [3.05, 3.63) is 45.3 Å². The predicted molar refractivity (Wildman–Crippen MR) is 124 cm³/mol. The van der Waals surface area contributed by atoms with Crippen LogP contribution in [0.1, 0.15) is 51.2 Å². The Hall–Kier alpha value is -2.23. The molecule has 0 unspecified atom stereocenters. The second-order valence-electron chi connectivity index (χ2n) is 8.43. The van der Waals surface area contributed by atoms with Crippen molar-refractivity contribution in [3.63, 3.8) is 0 Å². The van der Waals surface area contributed by atoms with E-state index < -0.39 is 16.0 Å². The first kappa shape index (κ1) is 22.9. The number of nitrogens with zero attached hydrogens (tertiary/aromatic N) is 1. The highest BCUT2D eigenvalue weighted by atomic mass is 32.2. The average Bonchev–Trinajstić information content (AvgIpc) is 3.37. The summed E-state index contributed by atoms with van der Waals surface area (Å²) in [4.78, 5) is 26.3. The Bertz CT molecular complexity index is 1160. The van der Waals surface area contributed by atoms with Gasteiger partial charge in [-0.25, -0.2) is 13.2 Å². The van der Waals surface area contributed by atoms with Gasteiger partial charge < -0.3 is 10.1 Å². The highest BCUT2D eigenvalue weighted by Gasteiger charge is 2.33. The number of carbonyl (C=O) groups is 2. The number of rotatable bonds is 5. The number of sulfonamides is 1. The monoisotopic (exact) mass is 476 g/mol. The van der Waals surface area contributed by atoms with Crippen LogP contribution >= 0.6 is 11.3 Å². The zero-order valence-corrected chi connectivity index (χ0v) is 20.2. The lowest BCUT2D eigenvalue weighted by molar-refractivity contribution is -0.120. The largest absolute Gasteiger partial charge is 0.465 e. The number of thiophene rings is 1. The maximum absolute atomic E-state index is 13.1. The van der Waals surface area contributed by atoms with Crippen molar-refractivity contribution in [1.29, 1.82) is 0 Å². The molecule has 7 nitrogen and oxygen atoms in total. The van der Waals surface area contributed by atoms with Crippen LogP contribution in [0.2, 0.25) is 0 Å². The van der Waals surface area contributed by atoms with E-state index in [4.69, 9.17) is 4.74 Å². The topological polar surface area (TPSA) is 92.8 Å². The minimum Gasteiger partial charge on any atom is -0.465 e. The molecule has 1 N–H and O–H groups in total. The van der Waals surface area contributed by atoms with Crippen LogP contribution in [0, 0.1) is 19.8 Å². The summed E-state index contributed by atoms with van der Waals surface area (Å²) in [7, 11) is -2.26.